The molecule has 154 valence electrons. The number of benzene rings is 2. The SMILES string of the molecule is CCN(CC(=O)Nc1c(Cl)cccc1Cl)C(=O)C(C)Sc1ccc([N+](=O)[O-])cc1. The van der Waals surface area contributed by atoms with Crippen molar-refractivity contribution in [1.29, 1.82) is 0 Å². The largest absolute Gasteiger partial charge is 0.333 e. The zero-order chi connectivity index (χ0) is 21.6. The van der Waals surface area contributed by atoms with Gasteiger partial charge in [0.1, 0.15) is 0 Å². The number of rotatable bonds is 8. The van der Waals surface area contributed by atoms with E-state index in [4.69, 9.17) is 23.2 Å². The average Bonchev–Trinajstić information content (AvgIpc) is 2.69. The van der Waals surface area contributed by atoms with Gasteiger partial charge < -0.3 is 10.2 Å². The number of anilines is 1. The highest BCUT2D eigenvalue weighted by Crippen LogP contribution is 2.30. The van der Waals surface area contributed by atoms with Gasteiger partial charge in [-0.15, -0.1) is 11.8 Å². The Morgan fingerprint density at radius 1 is 1.17 bits per heavy atom. The number of thioether (sulfide) groups is 1. The number of carbonyl (C=O) groups is 2. The van der Waals surface area contributed by atoms with Gasteiger partial charge in [-0.2, -0.15) is 0 Å². The predicted molar refractivity (Wildman–Crippen MR) is 116 cm³/mol. The molecular formula is C19H19Cl2N3O4S. The third-order valence-corrected chi connectivity index (χ3v) is 5.69. The van der Waals surface area contributed by atoms with Crippen molar-refractivity contribution < 1.29 is 14.5 Å². The Bertz CT molecular complexity index is 889. The van der Waals surface area contributed by atoms with Crippen molar-refractivity contribution in [3.63, 3.8) is 0 Å². The number of nitro groups is 1. The number of amides is 2. The molecule has 2 rings (SSSR count). The fraction of sp³-hybridized carbons (Fsp3) is 0.263. The van der Waals surface area contributed by atoms with Crippen molar-refractivity contribution in [2.24, 2.45) is 0 Å². The van der Waals surface area contributed by atoms with E-state index in [2.05, 4.69) is 5.32 Å². The highest BCUT2D eigenvalue weighted by Gasteiger charge is 2.23. The van der Waals surface area contributed by atoms with Gasteiger partial charge >= 0.3 is 0 Å². The monoisotopic (exact) mass is 455 g/mol. The van der Waals surface area contributed by atoms with Crippen LogP contribution in [0, 0.1) is 10.1 Å². The molecule has 0 heterocycles. The standard InChI is InChI=1S/C19H19Cl2N3O4S/c1-3-23(11-17(25)22-18-15(20)5-4-6-16(18)21)19(26)12(2)29-14-9-7-13(8-10-14)24(27)28/h4-10,12H,3,11H2,1-2H3,(H,22,25). The lowest BCUT2D eigenvalue weighted by Gasteiger charge is -2.24. The molecule has 2 aromatic carbocycles. The summed E-state index contributed by atoms with van der Waals surface area (Å²) in [6.07, 6.45) is 0. The van der Waals surface area contributed by atoms with E-state index in [-0.39, 0.29) is 18.1 Å². The van der Waals surface area contributed by atoms with Crippen LogP contribution in [0.3, 0.4) is 0 Å². The summed E-state index contributed by atoms with van der Waals surface area (Å²) in [5, 5.41) is 13.5. The van der Waals surface area contributed by atoms with Gasteiger partial charge in [-0.05, 0) is 38.1 Å². The second kappa shape index (κ2) is 10.5. The first-order valence-electron chi connectivity index (χ1n) is 8.66. The van der Waals surface area contributed by atoms with Crippen molar-refractivity contribution >= 4 is 58.2 Å². The molecule has 7 nitrogen and oxygen atoms in total. The number of hydrogen-bond donors (Lipinski definition) is 1. The summed E-state index contributed by atoms with van der Waals surface area (Å²) in [6.45, 7) is 3.69. The molecule has 0 saturated carbocycles. The van der Waals surface area contributed by atoms with Crippen LogP contribution in [0.1, 0.15) is 13.8 Å². The van der Waals surface area contributed by atoms with Crippen molar-refractivity contribution in [1.82, 2.24) is 4.90 Å². The van der Waals surface area contributed by atoms with Gasteiger partial charge in [0.15, 0.2) is 0 Å². The molecule has 0 fully saturated rings. The molecule has 0 aliphatic heterocycles. The quantitative estimate of drug-likeness (QED) is 0.348. The molecule has 0 radical (unpaired) electrons. The van der Waals surface area contributed by atoms with Crippen LogP contribution >= 0.6 is 35.0 Å². The number of non-ortho nitro benzene ring substituents is 1. The zero-order valence-corrected chi connectivity index (χ0v) is 18.1. The fourth-order valence-corrected chi connectivity index (χ4v) is 3.92. The number of nitrogens with zero attached hydrogens (tertiary/aromatic N) is 2. The van der Waals surface area contributed by atoms with E-state index in [0.29, 0.717) is 22.3 Å². The predicted octanol–water partition coefficient (Wildman–Crippen LogP) is 4.87. The third-order valence-electron chi connectivity index (χ3n) is 3.96. The number of carbonyl (C=O) groups excluding carboxylic acids is 2. The highest BCUT2D eigenvalue weighted by molar-refractivity contribution is 8.00. The maximum Gasteiger partial charge on any atom is 0.269 e. The molecule has 10 heteroatoms. The van der Waals surface area contributed by atoms with E-state index in [1.807, 2.05) is 0 Å². The van der Waals surface area contributed by atoms with Crippen LogP contribution in [0.2, 0.25) is 10.0 Å². The van der Waals surface area contributed by atoms with Gasteiger partial charge in [-0.3, -0.25) is 19.7 Å². The molecule has 0 saturated heterocycles. The molecule has 0 aliphatic carbocycles. The maximum atomic E-state index is 12.7. The normalized spacial score (nSPS) is 11.6. The molecule has 0 aliphatic rings. The second-order valence-corrected chi connectivity index (χ2v) is 8.24. The van der Waals surface area contributed by atoms with Crippen molar-refractivity contribution in [2.75, 3.05) is 18.4 Å². The lowest BCUT2D eigenvalue weighted by Crippen LogP contribution is -2.41. The second-order valence-electron chi connectivity index (χ2n) is 6.01. The molecule has 29 heavy (non-hydrogen) atoms. The molecule has 2 amide bonds. The molecule has 0 spiro atoms. The molecular weight excluding hydrogens is 437 g/mol. The summed E-state index contributed by atoms with van der Waals surface area (Å²) in [6, 6.07) is 10.8. The van der Waals surface area contributed by atoms with Crippen LogP contribution in [0.5, 0.6) is 0 Å². The Kier molecular flexibility index (Phi) is 8.31. The molecule has 1 atom stereocenters. The number of likely N-dealkylation sites (N-methyl/N-ethyl adjacent to an activating group) is 1. The first-order valence-corrected chi connectivity index (χ1v) is 10.3. The minimum atomic E-state index is -0.480. The average molecular weight is 456 g/mol. The van der Waals surface area contributed by atoms with Crippen molar-refractivity contribution in [2.45, 2.75) is 24.0 Å². The Morgan fingerprint density at radius 2 is 1.76 bits per heavy atom. The number of nitrogens with one attached hydrogen (secondary N) is 1. The lowest BCUT2D eigenvalue weighted by molar-refractivity contribution is -0.384. The first-order chi connectivity index (χ1) is 13.7. The molecule has 1 unspecified atom stereocenters. The number of halogens is 2. The summed E-state index contributed by atoms with van der Waals surface area (Å²) < 4.78 is 0. The molecule has 2 aromatic rings. The van der Waals surface area contributed by atoms with E-state index >= 15 is 0 Å². The molecule has 0 bridgehead atoms. The summed E-state index contributed by atoms with van der Waals surface area (Å²) in [4.78, 5) is 37.5. The van der Waals surface area contributed by atoms with Crippen LogP contribution in [0.4, 0.5) is 11.4 Å². The van der Waals surface area contributed by atoms with Crippen LogP contribution in [-0.2, 0) is 9.59 Å². The minimum Gasteiger partial charge on any atom is -0.333 e. The van der Waals surface area contributed by atoms with E-state index in [0.717, 1.165) is 4.90 Å². The van der Waals surface area contributed by atoms with E-state index in [9.17, 15) is 19.7 Å². The number of para-hydroxylation sites is 1. The fourth-order valence-electron chi connectivity index (χ4n) is 2.47. The van der Waals surface area contributed by atoms with Crippen molar-refractivity contribution in [3.05, 3.63) is 62.6 Å². The van der Waals surface area contributed by atoms with Crippen LogP contribution in [0.15, 0.2) is 47.4 Å². The number of hydrogen-bond acceptors (Lipinski definition) is 5. The zero-order valence-electron chi connectivity index (χ0n) is 15.7. The van der Waals surface area contributed by atoms with Crippen LogP contribution < -0.4 is 5.32 Å². The van der Waals surface area contributed by atoms with E-state index < -0.39 is 16.1 Å². The Labute approximate surface area is 182 Å². The Morgan fingerprint density at radius 3 is 2.28 bits per heavy atom. The van der Waals surface area contributed by atoms with Gasteiger partial charge in [0.2, 0.25) is 11.8 Å². The minimum absolute atomic E-state index is 0.0154. The topological polar surface area (TPSA) is 92.6 Å². The van der Waals surface area contributed by atoms with E-state index in [1.54, 1.807) is 44.2 Å². The van der Waals surface area contributed by atoms with Crippen molar-refractivity contribution in [3.8, 4) is 0 Å². The summed E-state index contributed by atoms with van der Waals surface area (Å²) >= 11 is 13.4. The van der Waals surface area contributed by atoms with Crippen LogP contribution in [0.25, 0.3) is 0 Å². The molecule has 0 aromatic heterocycles. The van der Waals surface area contributed by atoms with Gasteiger partial charge in [-0.1, -0.05) is 29.3 Å². The van der Waals surface area contributed by atoms with Gasteiger partial charge in [0.25, 0.3) is 5.69 Å². The smallest absolute Gasteiger partial charge is 0.269 e. The summed E-state index contributed by atoms with van der Waals surface area (Å²) in [5.74, 6) is -0.640. The Hall–Kier alpha value is -2.29. The summed E-state index contributed by atoms with van der Waals surface area (Å²) in [7, 11) is 0. The van der Waals surface area contributed by atoms with Gasteiger partial charge in [0.05, 0.1) is 32.5 Å². The Balaban J connectivity index is 1.99. The van der Waals surface area contributed by atoms with E-state index in [1.165, 1.54) is 28.8 Å². The lowest BCUT2D eigenvalue weighted by atomic mass is 10.3. The third kappa shape index (κ3) is 6.35. The first kappa shape index (κ1) is 23.0. The molecule has 1 N–H and O–H groups in total. The highest BCUT2D eigenvalue weighted by atomic mass is 35.5. The van der Waals surface area contributed by atoms with Gasteiger partial charge in [-0.25, -0.2) is 0 Å². The number of nitro benzene ring substituents is 1. The van der Waals surface area contributed by atoms with Gasteiger partial charge in [0, 0.05) is 23.6 Å². The summed E-state index contributed by atoms with van der Waals surface area (Å²) in [5.41, 5.74) is 0.288. The van der Waals surface area contributed by atoms with Crippen LogP contribution in [-0.4, -0.2) is 40.0 Å². The maximum absolute atomic E-state index is 12.7.